The summed E-state index contributed by atoms with van der Waals surface area (Å²) in [5.74, 6) is 0.889. The van der Waals surface area contributed by atoms with Gasteiger partial charge >= 0.3 is 0 Å². The smallest absolute Gasteiger partial charge is 0.120 e. The van der Waals surface area contributed by atoms with E-state index in [1.165, 1.54) is 25.7 Å². The summed E-state index contributed by atoms with van der Waals surface area (Å²) >= 11 is 6.11. The van der Waals surface area contributed by atoms with Crippen molar-refractivity contribution in [2.24, 2.45) is 5.92 Å². The molecule has 1 aliphatic rings. The Morgan fingerprint density at radius 2 is 2.42 bits per heavy atom. The second-order valence-electron chi connectivity index (χ2n) is 3.39. The van der Waals surface area contributed by atoms with Crippen molar-refractivity contribution in [1.82, 2.24) is 0 Å². The molecule has 1 unspecified atom stereocenters. The highest BCUT2D eigenvalue weighted by molar-refractivity contribution is 7.08. The molecule has 0 amide bonds. The van der Waals surface area contributed by atoms with Gasteiger partial charge < -0.3 is 0 Å². The van der Waals surface area contributed by atoms with E-state index in [-0.39, 0.29) is 0 Å². The van der Waals surface area contributed by atoms with E-state index in [1.54, 1.807) is 0 Å². The predicted molar refractivity (Wildman–Crippen MR) is 59.3 cm³/mol. The van der Waals surface area contributed by atoms with Crippen LogP contribution in [0, 0.1) is 5.92 Å². The van der Waals surface area contributed by atoms with Crippen LogP contribution >= 0.6 is 11.1 Å². The SMILES string of the molecule is CC[Si](Cl)=CCC1CC=CCC1. The van der Waals surface area contributed by atoms with Gasteiger partial charge in [-0.2, -0.15) is 0 Å². The molecule has 0 saturated carbocycles. The Morgan fingerprint density at radius 3 is 3.00 bits per heavy atom. The highest BCUT2D eigenvalue weighted by atomic mass is 35.6. The van der Waals surface area contributed by atoms with Crippen LogP contribution in [0.25, 0.3) is 0 Å². The van der Waals surface area contributed by atoms with Crippen molar-refractivity contribution in [3.63, 3.8) is 0 Å². The van der Waals surface area contributed by atoms with Crippen LogP contribution in [0.5, 0.6) is 0 Å². The van der Waals surface area contributed by atoms with Crippen LogP contribution in [-0.2, 0) is 0 Å². The van der Waals surface area contributed by atoms with Crippen molar-refractivity contribution in [3.05, 3.63) is 12.2 Å². The van der Waals surface area contributed by atoms with E-state index in [2.05, 4.69) is 24.7 Å². The Balaban J connectivity index is 2.27. The molecule has 0 bridgehead atoms. The van der Waals surface area contributed by atoms with E-state index in [1.807, 2.05) is 0 Å². The summed E-state index contributed by atoms with van der Waals surface area (Å²) in [7, 11) is -0.605. The average molecular weight is 201 g/mol. The summed E-state index contributed by atoms with van der Waals surface area (Å²) in [6, 6.07) is 1.16. The average Bonchev–Trinajstić information content (AvgIpc) is 2.16. The second-order valence-corrected chi connectivity index (χ2v) is 6.86. The fourth-order valence-electron chi connectivity index (χ4n) is 1.51. The first-order valence-corrected chi connectivity index (χ1v) is 7.62. The largest absolute Gasteiger partial charge is 0.139 e. The molecule has 0 radical (unpaired) electrons. The van der Waals surface area contributed by atoms with Crippen LogP contribution in [0.3, 0.4) is 0 Å². The molecule has 1 rings (SSSR count). The third-order valence-electron chi connectivity index (χ3n) is 2.39. The molecule has 0 fully saturated rings. The second kappa shape index (κ2) is 5.71. The molecule has 2 heteroatoms. The molecule has 0 aromatic rings. The van der Waals surface area contributed by atoms with Gasteiger partial charge in [0.15, 0.2) is 0 Å². The lowest BCUT2D eigenvalue weighted by Gasteiger charge is -2.15. The number of hydrogen-bond acceptors (Lipinski definition) is 0. The molecule has 0 saturated heterocycles. The predicted octanol–water partition coefficient (Wildman–Crippen LogP) is 3.37. The standard InChI is InChI=1S/C10H17ClSi/c1-2-12(11)9-8-10-6-4-3-5-7-10/h3-4,9-10H,2,5-8H2,1H3. The van der Waals surface area contributed by atoms with Gasteiger partial charge in [-0.3, -0.25) is 0 Å². The van der Waals surface area contributed by atoms with Crippen molar-refractivity contribution in [1.29, 1.82) is 0 Å². The maximum absolute atomic E-state index is 6.11. The van der Waals surface area contributed by atoms with E-state index < -0.39 is 7.72 Å². The minimum Gasteiger partial charge on any atom is -0.139 e. The zero-order chi connectivity index (χ0) is 8.81. The minimum atomic E-state index is -0.605. The Kier molecular flexibility index (Phi) is 4.85. The molecular formula is C10H17ClSi. The summed E-state index contributed by atoms with van der Waals surface area (Å²) in [6.07, 6.45) is 9.76. The Labute approximate surface area is 81.6 Å². The number of allylic oxidation sites excluding steroid dienone is 2. The Bertz CT molecular complexity index is 184. The number of rotatable bonds is 3. The van der Waals surface area contributed by atoms with E-state index in [9.17, 15) is 0 Å². The third kappa shape index (κ3) is 3.68. The quantitative estimate of drug-likeness (QED) is 0.372. The highest BCUT2D eigenvalue weighted by Crippen LogP contribution is 2.20. The molecule has 0 nitrogen and oxygen atoms in total. The molecule has 12 heavy (non-hydrogen) atoms. The van der Waals surface area contributed by atoms with Crippen LogP contribution in [-0.4, -0.2) is 13.4 Å². The molecule has 0 N–H and O–H groups in total. The molecule has 1 aliphatic carbocycles. The molecule has 1 atom stereocenters. The topological polar surface area (TPSA) is 0 Å². The molecule has 68 valence electrons. The zero-order valence-electron chi connectivity index (χ0n) is 7.72. The number of hydrogen-bond donors (Lipinski definition) is 0. The van der Waals surface area contributed by atoms with Gasteiger partial charge in [-0.25, -0.2) is 0 Å². The van der Waals surface area contributed by atoms with Gasteiger partial charge in [0.2, 0.25) is 0 Å². The molecule has 0 aliphatic heterocycles. The maximum Gasteiger partial charge on any atom is 0.120 e. The van der Waals surface area contributed by atoms with E-state index >= 15 is 0 Å². The summed E-state index contributed by atoms with van der Waals surface area (Å²) in [4.78, 5) is 0. The van der Waals surface area contributed by atoms with Crippen molar-refractivity contribution < 1.29 is 0 Å². The van der Waals surface area contributed by atoms with Crippen molar-refractivity contribution >= 4 is 24.5 Å². The first-order chi connectivity index (χ1) is 5.83. The summed E-state index contributed by atoms with van der Waals surface area (Å²) in [5.41, 5.74) is 2.37. The van der Waals surface area contributed by atoms with Gasteiger partial charge in [-0.05, 0) is 37.6 Å². The van der Waals surface area contributed by atoms with Gasteiger partial charge in [0, 0.05) is 0 Å². The fraction of sp³-hybridized carbons (Fsp3) is 0.700. The molecular weight excluding hydrogens is 184 g/mol. The van der Waals surface area contributed by atoms with Gasteiger partial charge in [0.05, 0.1) is 0 Å². The van der Waals surface area contributed by atoms with E-state index in [0.717, 1.165) is 12.0 Å². The van der Waals surface area contributed by atoms with E-state index in [0.29, 0.717) is 0 Å². The van der Waals surface area contributed by atoms with Crippen LogP contribution < -0.4 is 0 Å². The number of halogens is 1. The van der Waals surface area contributed by atoms with Crippen LogP contribution in [0.15, 0.2) is 12.2 Å². The van der Waals surface area contributed by atoms with Crippen LogP contribution in [0.2, 0.25) is 6.04 Å². The van der Waals surface area contributed by atoms with Crippen molar-refractivity contribution in [2.75, 3.05) is 0 Å². The maximum atomic E-state index is 6.11. The first-order valence-electron chi connectivity index (χ1n) is 4.82. The summed E-state index contributed by atoms with van der Waals surface area (Å²) in [5, 5.41) is 0. The third-order valence-corrected chi connectivity index (χ3v) is 5.01. The summed E-state index contributed by atoms with van der Waals surface area (Å²) < 4.78 is 0. The molecule has 0 aromatic heterocycles. The Hall–Kier alpha value is 0.117. The van der Waals surface area contributed by atoms with Gasteiger partial charge in [-0.15, -0.1) is 11.1 Å². The molecule has 0 heterocycles. The van der Waals surface area contributed by atoms with Crippen LogP contribution in [0.4, 0.5) is 0 Å². The molecule has 0 spiro atoms. The van der Waals surface area contributed by atoms with Gasteiger partial charge in [0.25, 0.3) is 0 Å². The Morgan fingerprint density at radius 1 is 1.58 bits per heavy atom. The zero-order valence-corrected chi connectivity index (χ0v) is 9.48. The fourth-order valence-corrected chi connectivity index (χ4v) is 2.65. The van der Waals surface area contributed by atoms with Crippen molar-refractivity contribution in [2.45, 2.75) is 38.7 Å². The van der Waals surface area contributed by atoms with Crippen molar-refractivity contribution in [3.8, 4) is 0 Å². The molecule has 0 aromatic carbocycles. The normalized spacial score (nSPS) is 24.5. The monoisotopic (exact) mass is 200 g/mol. The minimum absolute atomic E-state index is 0.605. The first kappa shape index (κ1) is 10.2. The van der Waals surface area contributed by atoms with E-state index in [4.69, 9.17) is 11.1 Å². The van der Waals surface area contributed by atoms with Gasteiger partial charge in [0.1, 0.15) is 7.72 Å². The van der Waals surface area contributed by atoms with Crippen LogP contribution in [0.1, 0.15) is 32.6 Å². The lowest BCUT2D eigenvalue weighted by Crippen LogP contribution is -2.05. The van der Waals surface area contributed by atoms with Gasteiger partial charge in [-0.1, -0.05) is 24.7 Å². The lowest BCUT2D eigenvalue weighted by molar-refractivity contribution is 0.502. The summed E-state index contributed by atoms with van der Waals surface area (Å²) in [6.45, 7) is 2.18. The lowest BCUT2D eigenvalue weighted by atomic mass is 9.92. The highest BCUT2D eigenvalue weighted by Gasteiger charge is 2.07.